The molecule has 0 saturated carbocycles. The summed E-state index contributed by atoms with van der Waals surface area (Å²) in [6.07, 6.45) is 0. The molecule has 0 saturated heterocycles. The fourth-order valence-electron chi connectivity index (χ4n) is 2.42. The molecule has 0 unspecified atom stereocenters. The number of nitrogens with one attached hydrogen (secondary N) is 1. The third kappa shape index (κ3) is 3.57. The van der Waals surface area contributed by atoms with Crippen molar-refractivity contribution in [3.05, 3.63) is 82.6 Å². The second-order valence-corrected chi connectivity index (χ2v) is 5.44. The fourth-order valence-corrected chi connectivity index (χ4v) is 2.42. The van der Waals surface area contributed by atoms with Gasteiger partial charge in [-0.15, -0.1) is 0 Å². The summed E-state index contributed by atoms with van der Waals surface area (Å²) in [5, 5.41) is 7.08. The van der Waals surface area contributed by atoms with Crippen LogP contribution in [-0.4, -0.2) is 15.7 Å². The van der Waals surface area contributed by atoms with Crippen LogP contribution in [0.3, 0.4) is 0 Å². The van der Waals surface area contributed by atoms with Crippen molar-refractivity contribution in [2.24, 2.45) is 0 Å². The number of hydrogen-bond acceptors (Lipinski definition) is 3. The Labute approximate surface area is 139 Å². The maximum absolute atomic E-state index is 12.1. The number of rotatable bonds is 4. The zero-order chi connectivity index (χ0) is 16.9. The number of anilines is 1. The van der Waals surface area contributed by atoms with Gasteiger partial charge in [0.05, 0.1) is 5.69 Å². The summed E-state index contributed by atoms with van der Waals surface area (Å²) >= 11 is 0. The Bertz CT molecular complexity index is 917. The molecule has 1 N–H and O–H groups in total. The van der Waals surface area contributed by atoms with Gasteiger partial charge in [-0.05, 0) is 30.7 Å². The largest absolute Gasteiger partial charge is 0.324 e. The highest BCUT2D eigenvalue weighted by Gasteiger charge is 2.09. The Morgan fingerprint density at radius 2 is 1.71 bits per heavy atom. The SMILES string of the molecule is Cc1ccccc1-c1ccc(=O)n(CC(=O)Nc2ccccc2)n1. The van der Waals surface area contributed by atoms with Gasteiger partial charge in [0.1, 0.15) is 6.54 Å². The van der Waals surface area contributed by atoms with E-state index in [0.717, 1.165) is 11.1 Å². The minimum atomic E-state index is -0.310. The normalized spacial score (nSPS) is 10.4. The third-order valence-electron chi connectivity index (χ3n) is 3.64. The van der Waals surface area contributed by atoms with Crippen LogP contribution in [0.25, 0.3) is 11.3 Å². The minimum Gasteiger partial charge on any atom is -0.324 e. The first-order valence-corrected chi connectivity index (χ1v) is 7.62. The Morgan fingerprint density at radius 1 is 1.00 bits per heavy atom. The lowest BCUT2D eigenvalue weighted by atomic mass is 10.1. The Balaban J connectivity index is 1.83. The Morgan fingerprint density at radius 3 is 2.46 bits per heavy atom. The lowest BCUT2D eigenvalue weighted by Crippen LogP contribution is -2.29. The van der Waals surface area contributed by atoms with Gasteiger partial charge in [-0.3, -0.25) is 9.59 Å². The zero-order valence-corrected chi connectivity index (χ0v) is 13.3. The summed E-state index contributed by atoms with van der Waals surface area (Å²) < 4.78 is 1.18. The summed E-state index contributed by atoms with van der Waals surface area (Å²) in [5.41, 5.74) is 3.04. The van der Waals surface area contributed by atoms with E-state index in [4.69, 9.17) is 0 Å². The van der Waals surface area contributed by atoms with Crippen molar-refractivity contribution >= 4 is 11.6 Å². The van der Waals surface area contributed by atoms with Crippen molar-refractivity contribution < 1.29 is 4.79 Å². The standard InChI is InChI=1S/C19H17N3O2/c1-14-7-5-6-10-16(14)17-11-12-19(24)22(21-17)13-18(23)20-15-8-3-2-4-9-15/h2-12H,13H2,1H3,(H,20,23). The smallest absolute Gasteiger partial charge is 0.267 e. The van der Waals surface area contributed by atoms with Gasteiger partial charge in [-0.1, -0.05) is 42.5 Å². The van der Waals surface area contributed by atoms with Crippen molar-refractivity contribution in [3.8, 4) is 11.3 Å². The van der Waals surface area contributed by atoms with E-state index in [2.05, 4.69) is 10.4 Å². The number of para-hydroxylation sites is 1. The maximum atomic E-state index is 12.1. The fraction of sp³-hybridized carbons (Fsp3) is 0.105. The number of benzene rings is 2. The maximum Gasteiger partial charge on any atom is 0.267 e. The molecule has 0 fully saturated rings. The number of nitrogens with zero attached hydrogens (tertiary/aromatic N) is 2. The van der Waals surface area contributed by atoms with Crippen LogP contribution in [0, 0.1) is 6.92 Å². The van der Waals surface area contributed by atoms with Crippen molar-refractivity contribution in [2.45, 2.75) is 13.5 Å². The van der Waals surface area contributed by atoms with E-state index in [1.165, 1.54) is 10.7 Å². The highest BCUT2D eigenvalue weighted by molar-refractivity contribution is 5.90. The second kappa shape index (κ2) is 6.91. The van der Waals surface area contributed by atoms with Crippen LogP contribution in [0.2, 0.25) is 0 Å². The first kappa shape index (κ1) is 15.7. The lowest BCUT2D eigenvalue weighted by Gasteiger charge is -2.09. The van der Waals surface area contributed by atoms with Crippen molar-refractivity contribution in [2.75, 3.05) is 5.32 Å². The van der Waals surface area contributed by atoms with Crippen LogP contribution in [0.1, 0.15) is 5.56 Å². The molecule has 3 rings (SSSR count). The first-order valence-electron chi connectivity index (χ1n) is 7.62. The molecular formula is C19H17N3O2. The van der Waals surface area contributed by atoms with Crippen LogP contribution in [0.15, 0.2) is 71.5 Å². The topological polar surface area (TPSA) is 64.0 Å². The van der Waals surface area contributed by atoms with Gasteiger partial charge >= 0.3 is 0 Å². The summed E-state index contributed by atoms with van der Waals surface area (Å²) in [6.45, 7) is 1.85. The van der Waals surface area contributed by atoms with Gasteiger partial charge in [0, 0.05) is 17.3 Å². The van der Waals surface area contributed by atoms with E-state index in [1.54, 1.807) is 18.2 Å². The number of carbonyl (C=O) groups excluding carboxylic acids is 1. The highest BCUT2D eigenvalue weighted by atomic mass is 16.2. The number of aryl methyl sites for hydroxylation is 1. The number of aromatic nitrogens is 2. The molecule has 0 aliphatic rings. The van der Waals surface area contributed by atoms with Crippen molar-refractivity contribution in [1.29, 1.82) is 0 Å². The van der Waals surface area contributed by atoms with Crippen LogP contribution in [0.5, 0.6) is 0 Å². The predicted molar refractivity (Wildman–Crippen MR) is 93.7 cm³/mol. The molecule has 3 aromatic rings. The molecule has 2 aromatic carbocycles. The van der Waals surface area contributed by atoms with Crippen molar-refractivity contribution in [3.63, 3.8) is 0 Å². The summed E-state index contributed by atoms with van der Waals surface area (Å²) in [6, 6.07) is 20.0. The minimum absolute atomic E-state index is 0.131. The Hall–Kier alpha value is -3.21. The number of carbonyl (C=O) groups is 1. The van der Waals surface area contributed by atoms with Gasteiger partial charge < -0.3 is 5.32 Å². The first-order chi connectivity index (χ1) is 11.6. The van der Waals surface area contributed by atoms with E-state index < -0.39 is 0 Å². The predicted octanol–water partition coefficient (Wildman–Crippen LogP) is 2.86. The van der Waals surface area contributed by atoms with E-state index >= 15 is 0 Å². The van der Waals surface area contributed by atoms with Gasteiger partial charge in [-0.2, -0.15) is 5.10 Å². The van der Waals surface area contributed by atoms with Gasteiger partial charge in [0.25, 0.3) is 5.56 Å². The van der Waals surface area contributed by atoms with Crippen LogP contribution < -0.4 is 10.9 Å². The van der Waals surface area contributed by atoms with E-state index in [9.17, 15) is 9.59 Å². The molecule has 0 aliphatic carbocycles. The molecule has 5 nitrogen and oxygen atoms in total. The molecule has 0 spiro atoms. The molecular weight excluding hydrogens is 302 g/mol. The highest BCUT2D eigenvalue weighted by Crippen LogP contribution is 2.19. The third-order valence-corrected chi connectivity index (χ3v) is 3.64. The summed E-state index contributed by atoms with van der Waals surface area (Å²) in [5.74, 6) is -0.294. The van der Waals surface area contributed by atoms with Gasteiger partial charge in [0.15, 0.2) is 0 Å². The average molecular weight is 319 g/mol. The van der Waals surface area contributed by atoms with Crippen LogP contribution in [-0.2, 0) is 11.3 Å². The zero-order valence-electron chi connectivity index (χ0n) is 13.3. The molecule has 1 amide bonds. The Kier molecular flexibility index (Phi) is 4.52. The molecule has 5 heteroatoms. The van der Waals surface area contributed by atoms with E-state index in [0.29, 0.717) is 11.4 Å². The quantitative estimate of drug-likeness (QED) is 0.804. The second-order valence-electron chi connectivity index (χ2n) is 5.44. The van der Waals surface area contributed by atoms with Crippen molar-refractivity contribution in [1.82, 2.24) is 9.78 Å². The molecule has 0 aliphatic heterocycles. The van der Waals surface area contributed by atoms with E-state index in [-0.39, 0.29) is 18.0 Å². The molecule has 24 heavy (non-hydrogen) atoms. The molecule has 1 aromatic heterocycles. The van der Waals surface area contributed by atoms with E-state index in [1.807, 2.05) is 49.4 Å². The molecule has 0 atom stereocenters. The summed E-state index contributed by atoms with van der Waals surface area (Å²) in [4.78, 5) is 24.1. The average Bonchev–Trinajstić information content (AvgIpc) is 2.58. The van der Waals surface area contributed by atoms with Crippen LogP contribution >= 0.6 is 0 Å². The number of hydrogen-bond donors (Lipinski definition) is 1. The van der Waals surface area contributed by atoms with Gasteiger partial charge in [-0.25, -0.2) is 4.68 Å². The molecule has 1 heterocycles. The molecule has 120 valence electrons. The monoisotopic (exact) mass is 319 g/mol. The van der Waals surface area contributed by atoms with Crippen LogP contribution in [0.4, 0.5) is 5.69 Å². The van der Waals surface area contributed by atoms with Gasteiger partial charge in [0.2, 0.25) is 5.91 Å². The molecule has 0 bridgehead atoms. The summed E-state index contributed by atoms with van der Waals surface area (Å²) in [7, 11) is 0. The lowest BCUT2D eigenvalue weighted by molar-refractivity contribution is -0.117. The molecule has 0 radical (unpaired) electrons. The number of amides is 1.